The summed E-state index contributed by atoms with van der Waals surface area (Å²) in [5.41, 5.74) is 6.05. The fourth-order valence-electron chi connectivity index (χ4n) is 3.54. The molecule has 1 aromatic rings. The first-order valence-corrected chi connectivity index (χ1v) is 10.1. The molecule has 7 nitrogen and oxygen atoms in total. The Labute approximate surface area is 167 Å². The number of nitrogens with two attached hydrogens (primary N) is 1. The zero-order chi connectivity index (χ0) is 20.4. The average Bonchev–Trinajstić information content (AvgIpc) is 2.68. The lowest BCUT2D eigenvalue weighted by Crippen LogP contribution is -2.46. The van der Waals surface area contributed by atoms with Gasteiger partial charge in [-0.25, -0.2) is 0 Å². The van der Waals surface area contributed by atoms with Gasteiger partial charge in [-0.05, 0) is 43.9 Å². The normalized spacial score (nSPS) is 17.1. The summed E-state index contributed by atoms with van der Waals surface area (Å²) in [6, 6.07) is 9.36. The monoisotopic (exact) mass is 388 g/mol. The van der Waals surface area contributed by atoms with Crippen molar-refractivity contribution in [3.05, 3.63) is 30.3 Å². The minimum Gasteiger partial charge on any atom is -0.370 e. The Bertz CT molecular complexity index is 650. The highest BCUT2D eigenvalue weighted by Gasteiger charge is 2.24. The number of amides is 3. The maximum absolute atomic E-state index is 12.9. The van der Waals surface area contributed by atoms with Crippen molar-refractivity contribution >= 4 is 23.4 Å². The molecule has 28 heavy (non-hydrogen) atoms. The minimum absolute atomic E-state index is 0.0388. The van der Waals surface area contributed by atoms with Gasteiger partial charge < -0.3 is 16.0 Å². The van der Waals surface area contributed by atoms with E-state index >= 15 is 0 Å². The van der Waals surface area contributed by atoms with Crippen molar-refractivity contribution in [3.63, 3.8) is 0 Å². The van der Waals surface area contributed by atoms with Gasteiger partial charge in [-0.3, -0.25) is 19.3 Å². The van der Waals surface area contributed by atoms with E-state index in [1.54, 1.807) is 4.90 Å². The van der Waals surface area contributed by atoms with Crippen LogP contribution in [0.1, 0.15) is 39.0 Å². The van der Waals surface area contributed by atoms with Crippen LogP contribution in [0.4, 0.5) is 5.69 Å². The summed E-state index contributed by atoms with van der Waals surface area (Å²) in [5.74, 6) is -0.00624. The Balaban J connectivity index is 1.92. The fraction of sp³-hybridized carbons (Fsp3) is 0.571. The van der Waals surface area contributed by atoms with Gasteiger partial charge in [0.2, 0.25) is 17.7 Å². The molecule has 1 aliphatic heterocycles. The van der Waals surface area contributed by atoms with E-state index in [0.717, 1.165) is 38.0 Å². The molecule has 1 atom stereocenters. The van der Waals surface area contributed by atoms with Crippen LogP contribution < -0.4 is 16.0 Å². The van der Waals surface area contributed by atoms with E-state index in [4.69, 9.17) is 5.73 Å². The van der Waals surface area contributed by atoms with Gasteiger partial charge in [0.1, 0.15) is 0 Å². The molecule has 0 saturated carbocycles. The number of hydrogen-bond donors (Lipinski definition) is 2. The maximum Gasteiger partial charge on any atom is 0.241 e. The summed E-state index contributed by atoms with van der Waals surface area (Å²) >= 11 is 0. The number of nitrogens with one attached hydrogen (secondary N) is 1. The highest BCUT2D eigenvalue weighted by Crippen LogP contribution is 2.18. The van der Waals surface area contributed by atoms with Crippen LogP contribution >= 0.6 is 0 Å². The predicted octanol–water partition coefficient (Wildman–Crippen LogP) is 1.52. The van der Waals surface area contributed by atoms with E-state index in [0.29, 0.717) is 25.4 Å². The molecule has 0 bridgehead atoms. The van der Waals surface area contributed by atoms with E-state index in [-0.39, 0.29) is 24.8 Å². The largest absolute Gasteiger partial charge is 0.370 e. The van der Waals surface area contributed by atoms with Crippen molar-refractivity contribution < 1.29 is 14.4 Å². The molecule has 154 valence electrons. The number of rotatable bonds is 10. The molecule has 1 heterocycles. The Kier molecular flexibility index (Phi) is 8.94. The van der Waals surface area contributed by atoms with Crippen LogP contribution in [0.15, 0.2) is 30.3 Å². The molecule has 3 N–H and O–H groups in total. The third-order valence-electron chi connectivity index (χ3n) is 4.98. The zero-order valence-electron chi connectivity index (χ0n) is 16.7. The summed E-state index contributed by atoms with van der Waals surface area (Å²) < 4.78 is 0. The first-order chi connectivity index (χ1) is 13.5. The lowest BCUT2D eigenvalue weighted by molar-refractivity contribution is -0.122. The van der Waals surface area contributed by atoms with Crippen molar-refractivity contribution in [2.75, 3.05) is 37.6 Å². The second-order valence-electron chi connectivity index (χ2n) is 7.39. The van der Waals surface area contributed by atoms with Gasteiger partial charge in [0.25, 0.3) is 0 Å². The number of primary amides is 1. The smallest absolute Gasteiger partial charge is 0.241 e. The van der Waals surface area contributed by atoms with Crippen molar-refractivity contribution in [2.45, 2.75) is 39.0 Å². The minimum atomic E-state index is -0.422. The molecule has 0 aromatic heterocycles. The molecule has 1 aliphatic rings. The quantitative estimate of drug-likeness (QED) is 0.635. The van der Waals surface area contributed by atoms with Crippen molar-refractivity contribution in [1.82, 2.24) is 10.2 Å². The molecule has 0 spiro atoms. The summed E-state index contributed by atoms with van der Waals surface area (Å²) in [4.78, 5) is 39.6. The number of para-hydroxylation sites is 1. The van der Waals surface area contributed by atoms with Gasteiger partial charge in [-0.1, -0.05) is 25.1 Å². The highest BCUT2D eigenvalue weighted by molar-refractivity contribution is 5.95. The number of likely N-dealkylation sites (tertiary alicyclic amines) is 1. The summed E-state index contributed by atoms with van der Waals surface area (Å²) in [7, 11) is 0. The van der Waals surface area contributed by atoms with E-state index in [9.17, 15) is 14.4 Å². The standard InChI is InChI=1S/C21H32N4O3/c1-2-7-20(27)23-14-17-8-6-12-24(15-17)16-21(28)25(13-11-19(22)26)18-9-4-3-5-10-18/h3-5,9-10,17H,2,6-8,11-16H2,1H3,(H2,22,26)(H,23,27). The van der Waals surface area contributed by atoms with Crippen LogP contribution in [-0.4, -0.2) is 55.3 Å². The molecule has 1 fully saturated rings. The molecule has 7 heteroatoms. The van der Waals surface area contributed by atoms with E-state index in [2.05, 4.69) is 10.2 Å². The van der Waals surface area contributed by atoms with Crippen LogP contribution in [-0.2, 0) is 14.4 Å². The van der Waals surface area contributed by atoms with Crippen LogP contribution in [0, 0.1) is 5.92 Å². The number of anilines is 1. The third-order valence-corrected chi connectivity index (χ3v) is 4.98. The molecule has 0 radical (unpaired) electrons. The first-order valence-electron chi connectivity index (χ1n) is 10.1. The number of benzene rings is 1. The second kappa shape index (κ2) is 11.4. The highest BCUT2D eigenvalue weighted by atomic mass is 16.2. The molecular weight excluding hydrogens is 356 g/mol. The molecule has 0 aliphatic carbocycles. The number of nitrogens with zero attached hydrogens (tertiary/aromatic N) is 2. The fourth-order valence-corrected chi connectivity index (χ4v) is 3.54. The average molecular weight is 389 g/mol. The molecular formula is C21H32N4O3. The number of carbonyl (C=O) groups excluding carboxylic acids is 3. The summed E-state index contributed by atoms with van der Waals surface area (Å²) in [6.45, 7) is 4.88. The molecule has 1 aromatic carbocycles. The number of carbonyl (C=O) groups is 3. The Morgan fingerprint density at radius 3 is 2.64 bits per heavy atom. The first kappa shape index (κ1) is 21.9. The number of piperidine rings is 1. The SMILES string of the molecule is CCCC(=O)NCC1CCCN(CC(=O)N(CCC(N)=O)c2ccccc2)C1. The van der Waals surface area contributed by atoms with Gasteiger partial charge in [0.05, 0.1) is 6.54 Å². The molecule has 1 saturated heterocycles. The predicted molar refractivity (Wildman–Crippen MR) is 110 cm³/mol. The Morgan fingerprint density at radius 1 is 1.21 bits per heavy atom. The molecule has 1 unspecified atom stereocenters. The Hall–Kier alpha value is -2.41. The summed E-state index contributed by atoms with van der Waals surface area (Å²) in [5, 5.41) is 3.00. The van der Waals surface area contributed by atoms with Crippen molar-refractivity contribution in [1.29, 1.82) is 0 Å². The van der Waals surface area contributed by atoms with E-state index in [1.807, 2.05) is 37.3 Å². The maximum atomic E-state index is 12.9. The van der Waals surface area contributed by atoms with Crippen molar-refractivity contribution in [3.8, 4) is 0 Å². The van der Waals surface area contributed by atoms with Gasteiger partial charge in [-0.2, -0.15) is 0 Å². The van der Waals surface area contributed by atoms with Gasteiger partial charge in [0.15, 0.2) is 0 Å². The third kappa shape index (κ3) is 7.31. The molecule has 2 rings (SSSR count). The topological polar surface area (TPSA) is 95.7 Å². The zero-order valence-corrected chi connectivity index (χ0v) is 16.7. The van der Waals surface area contributed by atoms with Gasteiger partial charge >= 0.3 is 0 Å². The van der Waals surface area contributed by atoms with E-state index < -0.39 is 5.91 Å². The molecule has 3 amide bonds. The lowest BCUT2D eigenvalue weighted by Gasteiger charge is -2.34. The van der Waals surface area contributed by atoms with Crippen LogP contribution in [0.25, 0.3) is 0 Å². The Morgan fingerprint density at radius 2 is 1.96 bits per heavy atom. The van der Waals surface area contributed by atoms with Crippen LogP contribution in [0.2, 0.25) is 0 Å². The van der Waals surface area contributed by atoms with Gasteiger partial charge in [0, 0.05) is 38.2 Å². The second-order valence-corrected chi connectivity index (χ2v) is 7.39. The van der Waals surface area contributed by atoms with Crippen molar-refractivity contribution in [2.24, 2.45) is 11.7 Å². The van der Waals surface area contributed by atoms with Crippen LogP contribution in [0.5, 0.6) is 0 Å². The van der Waals surface area contributed by atoms with E-state index in [1.165, 1.54) is 0 Å². The van der Waals surface area contributed by atoms with Gasteiger partial charge in [-0.15, -0.1) is 0 Å². The lowest BCUT2D eigenvalue weighted by atomic mass is 9.98. The van der Waals surface area contributed by atoms with Crippen LogP contribution in [0.3, 0.4) is 0 Å². The summed E-state index contributed by atoms with van der Waals surface area (Å²) in [6.07, 6.45) is 3.60. The number of hydrogen-bond acceptors (Lipinski definition) is 4.